The number of aliphatic hydroxyl groups excluding tert-OH is 1. The van der Waals surface area contributed by atoms with Crippen molar-refractivity contribution in [3.8, 4) is 0 Å². The van der Waals surface area contributed by atoms with E-state index < -0.39 is 0 Å². The molecule has 2 unspecified atom stereocenters. The number of hydrogen-bond donors (Lipinski definition) is 2. The predicted molar refractivity (Wildman–Crippen MR) is 61.4 cm³/mol. The molecule has 0 amide bonds. The normalized spacial score (nSPS) is 16.3. The van der Waals surface area contributed by atoms with Gasteiger partial charge in [0.2, 0.25) is 0 Å². The average Bonchev–Trinajstić information content (AvgIpc) is 2.10. The van der Waals surface area contributed by atoms with Gasteiger partial charge in [0.25, 0.3) is 0 Å². The van der Waals surface area contributed by atoms with Gasteiger partial charge in [0.05, 0.1) is 0 Å². The summed E-state index contributed by atoms with van der Waals surface area (Å²) in [6, 6.07) is 0.513. The van der Waals surface area contributed by atoms with Crippen LogP contribution >= 0.6 is 0 Å². The van der Waals surface area contributed by atoms with Gasteiger partial charge < -0.3 is 15.3 Å². The first-order valence-electron chi connectivity index (χ1n) is 5.46. The van der Waals surface area contributed by atoms with E-state index in [1.165, 1.54) is 0 Å². The SMILES string of the molecule is CC(CO)CNC(CN(C)C)C(C)C. The van der Waals surface area contributed by atoms with E-state index in [4.69, 9.17) is 5.11 Å². The van der Waals surface area contributed by atoms with Gasteiger partial charge in [-0.3, -0.25) is 0 Å². The summed E-state index contributed by atoms with van der Waals surface area (Å²) in [5.41, 5.74) is 0. The fourth-order valence-electron chi connectivity index (χ4n) is 1.32. The second kappa shape index (κ2) is 7.21. The quantitative estimate of drug-likeness (QED) is 0.641. The molecule has 0 radical (unpaired) electrons. The van der Waals surface area contributed by atoms with Crippen LogP contribution in [-0.2, 0) is 0 Å². The molecule has 3 nitrogen and oxygen atoms in total. The molecule has 0 heterocycles. The second-order valence-electron chi connectivity index (χ2n) is 4.81. The van der Waals surface area contributed by atoms with Gasteiger partial charge in [0.1, 0.15) is 0 Å². The van der Waals surface area contributed by atoms with Crippen LogP contribution in [-0.4, -0.2) is 49.8 Å². The topological polar surface area (TPSA) is 35.5 Å². The summed E-state index contributed by atoms with van der Waals surface area (Å²) in [5, 5.41) is 12.4. The van der Waals surface area contributed by atoms with E-state index in [-0.39, 0.29) is 6.61 Å². The molecular weight excluding hydrogens is 176 g/mol. The van der Waals surface area contributed by atoms with Crippen LogP contribution in [0.15, 0.2) is 0 Å². The minimum atomic E-state index is 0.264. The van der Waals surface area contributed by atoms with Gasteiger partial charge in [-0.15, -0.1) is 0 Å². The zero-order valence-electron chi connectivity index (χ0n) is 10.2. The highest BCUT2D eigenvalue weighted by molar-refractivity contribution is 4.73. The lowest BCUT2D eigenvalue weighted by Crippen LogP contribution is -2.43. The van der Waals surface area contributed by atoms with Crippen molar-refractivity contribution in [3.05, 3.63) is 0 Å². The summed E-state index contributed by atoms with van der Waals surface area (Å²) in [4.78, 5) is 2.20. The maximum absolute atomic E-state index is 8.92. The van der Waals surface area contributed by atoms with Crippen molar-refractivity contribution in [3.63, 3.8) is 0 Å². The van der Waals surface area contributed by atoms with E-state index in [1.54, 1.807) is 0 Å². The van der Waals surface area contributed by atoms with Crippen molar-refractivity contribution in [2.45, 2.75) is 26.8 Å². The number of nitrogens with one attached hydrogen (secondary N) is 1. The number of likely N-dealkylation sites (N-methyl/N-ethyl adjacent to an activating group) is 1. The van der Waals surface area contributed by atoms with E-state index in [0.717, 1.165) is 13.1 Å². The molecule has 0 saturated heterocycles. The minimum absolute atomic E-state index is 0.264. The Morgan fingerprint density at radius 3 is 2.14 bits per heavy atom. The Morgan fingerprint density at radius 2 is 1.79 bits per heavy atom. The van der Waals surface area contributed by atoms with Crippen molar-refractivity contribution >= 4 is 0 Å². The van der Waals surface area contributed by atoms with E-state index >= 15 is 0 Å². The maximum atomic E-state index is 8.92. The molecule has 0 fully saturated rings. The molecule has 0 aliphatic carbocycles. The van der Waals surface area contributed by atoms with Gasteiger partial charge in [-0.05, 0) is 25.9 Å². The molecule has 0 spiro atoms. The van der Waals surface area contributed by atoms with Gasteiger partial charge >= 0.3 is 0 Å². The van der Waals surface area contributed by atoms with Crippen LogP contribution in [0.3, 0.4) is 0 Å². The molecule has 3 heteroatoms. The predicted octanol–water partition coefficient (Wildman–Crippen LogP) is 0.791. The van der Waals surface area contributed by atoms with Crippen LogP contribution < -0.4 is 5.32 Å². The van der Waals surface area contributed by atoms with Crippen LogP contribution in [0.2, 0.25) is 0 Å². The van der Waals surface area contributed by atoms with Gasteiger partial charge in [0, 0.05) is 25.7 Å². The van der Waals surface area contributed by atoms with E-state index in [1.807, 2.05) is 0 Å². The van der Waals surface area contributed by atoms with Crippen molar-refractivity contribution in [1.29, 1.82) is 0 Å². The highest BCUT2D eigenvalue weighted by atomic mass is 16.3. The maximum Gasteiger partial charge on any atom is 0.0468 e. The minimum Gasteiger partial charge on any atom is -0.396 e. The van der Waals surface area contributed by atoms with E-state index in [0.29, 0.717) is 17.9 Å². The lowest BCUT2D eigenvalue weighted by atomic mass is 10.0. The molecule has 0 saturated carbocycles. The van der Waals surface area contributed by atoms with Crippen LogP contribution in [0, 0.1) is 11.8 Å². The molecule has 0 bridgehead atoms. The van der Waals surface area contributed by atoms with Gasteiger partial charge in [-0.1, -0.05) is 20.8 Å². The fourth-order valence-corrected chi connectivity index (χ4v) is 1.32. The van der Waals surface area contributed by atoms with Crippen LogP contribution in [0.25, 0.3) is 0 Å². The monoisotopic (exact) mass is 202 g/mol. The first kappa shape index (κ1) is 13.9. The van der Waals surface area contributed by atoms with Gasteiger partial charge in [-0.2, -0.15) is 0 Å². The standard InChI is InChI=1S/C11H26N2O/c1-9(2)11(7-13(4)5)12-6-10(3)8-14/h9-12,14H,6-8H2,1-5H3. The third-order valence-corrected chi connectivity index (χ3v) is 2.41. The summed E-state index contributed by atoms with van der Waals surface area (Å²) >= 11 is 0. The Balaban J connectivity index is 3.85. The van der Waals surface area contributed by atoms with Crippen molar-refractivity contribution < 1.29 is 5.11 Å². The van der Waals surface area contributed by atoms with Crippen molar-refractivity contribution in [2.24, 2.45) is 11.8 Å². The third-order valence-electron chi connectivity index (χ3n) is 2.41. The number of nitrogens with zero attached hydrogens (tertiary/aromatic N) is 1. The lowest BCUT2D eigenvalue weighted by Gasteiger charge is -2.26. The van der Waals surface area contributed by atoms with Crippen LogP contribution in [0.4, 0.5) is 0 Å². The highest BCUT2D eigenvalue weighted by Gasteiger charge is 2.14. The van der Waals surface area contributed by atoms with Crippen LogP contribution in [0.1, 0.15) is 20.8 Å². The highest BCUT2D eigenvalue weighted by Crippen LogP contribution is 2.03. The Labute approximate surface area is 88.5 Å². The molecule has 0 aromatic heterocycles. The molecule has 86 valence electrons. The Kier molecular flexibility index (Phi) is 7.15. The number of rotatable bonds is 7. The molecule has 0 aromatic carbocycles. The molecule has 0 aliphatic heterocycles. The summed E-state index contributed by atoms with van der Waals surface area (Å²) < 4.78 is 0. The van der Waals surface area contributed by atoms with Crippen LogP contribution in [0.5, 0.6) is 0 Å². The number of aliphatic hydroxyl groups is 1. The lowest BCUT2D eigenvalue weighted by molar-refractivity contribution is 0.217. The molecule has 0 aromatic rings. The largest absolute Gasteiger partial charge is 0.396 e. The van der Waals surface area contributed by atoms with Gasteiger partial charge in [-0.25, -0.2) is 0 Å². The summed E-state index contributed by atoms with van der Waals surface area (Å²) in [6.45, 7) is 8.72. The van der Waals surface area contributed by atoms with E-state index in [2.05, 4.69) is 45.1 Å². The Hall–Kier alpha value is -0.120. The van der Waals surface area contributed by atoms with Crippen molar-refractivity contribution in [1.82, 2.24) is 10.2 Å². The summed E-state index contributed by atoms with van der Waals surface area (Å²) in [6.07, 6.45) is 0. The summed E-state index contributed by atoms with van der Waals surface area (Å²) in [5.74, 6) is 0.974. The fraction of sp³-hybridized carbons (Fsp3) is 1.00. The molecule has 2 N–H and O–H groups in total. The Morgan fingerprint density at radius 1 is 1.21 bits per heavy atom. The van der Waals surface area contributed by atoms with Crippen molar-refractivity contribution in [2.75, 3.05) is 33.8 Å². The first-order chi connectivity index (χ1) is 6.47. The third kappa shape index (κ3) is 6.35. The molecule has 0 rings (SSSR count). The zero-order valence-corrected chi connectivity index (χ0v) is 10.2. The zero-order chi connectivity index (χ0) is 11.1. The molecule has 2 atom stereocenters. The molecule has 14 heavy (non-hydrogen) atoms. The molecular formula is C11H26N2O. The van der Waals surface area contributed by atoms with Gasteiger partial charge in [0.15, 0.2) is 0 Å². The molecule has 0 aliphatic rings. The summed E-state index contributed by atoms with van der Waals surface area (Å²) in [7, 11) is 4.18. The average molecular weight is 202 g/mol. The Bertz CT molecular complexity index is 137. The van der Waals surface area contributed by atoms with E-state index in [9.17, 15) is 0 Å². The first-order valence-corrected chi connectivity index (χ1v) is 5.46. The number of hydrogen-bond acceptors (Lipinski definition) is 3. The smallest absolute Gasteiger partial charge is 0.0468 e. The second-order valence-corrected chi connectivity index (χ2v) is 4.81.